The van der Waals surface area contributed by atoms with Gasteiger partial charge in [0.1, 0.15) is 0 Å². The summed E-state index contributed by atoms with van der Waals surface area (Å²) in [7, 11) is 0. The van der Waals surface area contributed by atoms with Gasteiger partial charge in [-0.25, -0.2) is 0 Å². The molecule has 12 heavy (non-hydrogen) atoms. The molecule has 2 nitrogen and oxygen atoms in total. The Balaban J connectivity index is 2.34. The SMILES string of the molecule is CC1(C)C2CCC(C2)[C@]1(O)CO. The van der Waals surface area contributed by atoms with E-state index in [-0.39, 0.29) is 12.0 Å². The number of rotatable bonds is 1. The van der Waals surface area contributed by atoms with E-state index in [2.05, 4.69) is 13.8 Å². The van der Waals surface area contributed by atoms with Crippen LogP contribution in [0.25, 0.3) is 0 Å². The van der Waals surface area contributed by atoms with E-state index >= 15 is 0 Å². The normalized spacial score (nSPS) is 50.0. The van der Waals surface area contributed by atoms with Crippen molar-refractivity contribution in [3.05, 3.63) is 0 Å². The van der Waals surface area contributed by atoms with Crippen molar-refractivity contribution < 1.29 is 10.2 Å². The summed E-state index contributed by atoms with van der Waals surface area (Å²) in [6, 6.07) is 0. The first-order valence-electron chi connectivity index (χ1n) is 4.85. The molecule has 0 heterocycles. The number of aliphatic hydroxyl groups excluding tert-OH is 1. The number of hydrogen-bond donors (Lipinski definition) is 2. The second-order valence-electron chi connectivity index (χ2n) is 5.01. The minimum absolute atomic E-state index is 0.0683. The molecule has 2 heteroatoms. The Hall–Kier alpha value is -0.0800. The van der Waals surface area contributed by atoms with Gasteiger partial charge in [0.05, 0.1) is 12.2 Å². The molecule has 2 N–H and O–H groups in total. The Morgan fingerprint density at radius 2 is 1.83 bits per heavy atom. The van der Waals surface area contributed by atoms with Crippen molar-refractivity contribution in [2.75, 3.05) is 6.61 Å². The van der Waals surface area contributed by atoms with E-state index < -0.39 is 5.60 Å². The van der Waals surface area contributed by atoms with Gasteiger partial charge in [0.2, 0.25) is 0 Å². The molecule has 0 spiro atoms. The van der Waals surface area contributed by atoms with Crippen LogP contribution in [0.3, 0.4) is 0 Å². The van der Waals surface area contributed by atoms with Crippen LogP contribution in [0, 0.1) is 17.3 Å². The molecule has 2 bridgehead atoms. The highest BCUT2D eigenvalue weighted by Gasteiger charge is 2.61. The predicted octanol–water partition coefficient (Wildman–Crippen LogP) is 1.17. The van der Waals surface area contributed by atoms with E-state index in [1.54, 1.807) is 0 Å². The van der Waals surface area contributed by atoms with Crippen molar-refractivity contribution in [3.8, 4) is 0 Å². The first kappa shape index (κ1) is 8.52. The average molecular weight is 170 g/mol. The summed E-state index contributed by atoms with van der Waals surface area (Å²) >= 11 is 0. The van der Waals surface area contributed by atoms with Gasteiger partial charge < -0.3 is 10.2 Å². The molecule has 2 aliphatic rings. The lowest BCUT2D eigenvalue weighted by molar-refractivity contribution is -0.135. The van der Waals surface area contributed by atoms with Crippen molar-refractivity contribution in [1.82, 2.24) is 0 Å². The molecule has 0 aromatic rings. The lowest BCUT2D eigenvalue weighted by atomic mass is 9.66. The molecule has 2 unspecified atom stereocenters. The van der Waals surface area contributed by atoms with Gasteiger partial charge in [-0.1, -0.05) is 13.8 Å². The summed E-state index contributed by atoms with van der Waals surface area (Å²) in [6.07, 6.45) is 3.45. The molecule has 0 radical (unpaired) electrons. The molecule has 0 aliphatic heterocycles. The van der Waals surface area contributed by atoms with Crippen LogP contribution in [-0.4, -0.2) is 22.4 Å². The van der Waals surface area contributed by atoms with Crippen LogP contribution < -0.4 is 0 Å². The van der Waals surface area contributed by atoms with Gasteiger partial charge in [-0.3, -0.25) is 0 Å². The zero-order valence-electron chi connectivity index (χ0n) is 7.88. The van der Waals surface area contributed by atoms with Gasteiger partial charge in [-0.15, -0.1) is 0 Å². The zero-order valence-corrected chi connectivity index (χ0v) is 7.88. The summed E-state index contributed by atoms with van der Waals surface area (Å²) in [4.78, 5) is 0. The van der Waals surface area contributed by atoms with Crippen LogP contribution in [0.2, 0.25) is 0 Å². The maximum Gasteiger partial charge on any atom is 0.0958 e. The van der Waals surface area contributed by atoms with E-state index in [1.807, 2.05) is 0 Å². The lowest BCUT2D eigenvalue weighted by Crippen LogP contribution is -2.52. The number of fused-ring (bicyclic) bond motifs is 2. The van der Waals surface area contributed by atoms with Crippen LogP contribution in [0.1, 0.15) is 33.1 Å². The zero-order chi connectivity index (χ0) is 8.98. The summed E-state index contributed by atoms with van der Waals surface area (Å²) < 4.78 is 0. The second-order valence-corrected chi connectivity index (χ2v) is 5.01. The molecule has 0 aromatic carbocycles. The standard InChI is InChI=1S/C10H18O2/c1-9(2)7-3-4-8(5-7)10(9,12)6-11/h7-8,11-12H,3-6H2,1-2H3/t7?,8?,10-/m1/s1. The van der Waals surface area contributed by atoms with Crippen LogP contribution >= 0.6 is 0 Å². The lowest BCUT2D eigenvalue weighted by Gasteiger charge is -2.44. The molecule has 2 saturated carbocycles. The number of hydrogen-bond acceptors (Lipinski definition) is 2. The molecule has 0 aromatic heterocycles. The minimum atomic E-state index is -0.796. The Morgan fingerprint density at radius 1 is 1.25 bits per heavy atom. The van der Waals surface area contributed by atoms with Gasteiger partial charge in [-0.05, 0) is 36.5 Å². The van der Waals surface area contributed by atoms with Crippen LogP contribution in [-0.2, 0) is 0 Å². The van der Waals surface area contributed by atoms with E-state index in [0.29, 0.717) is 11.8 Å². The fraction of sp³-hybridized carbons (Fsp3) is 1.00. The molecule has 0 amide bonds. The highest BCUT2D eigenvalue weighted by Crippen LogP contribution is 2.61. The summed E-state index contributed by atoms with van der Waals surface area (Å²) in [5.41, 5.74) is -0.874. The van der Waals surface area contributed by atoms with Gasteiger partial charge in [0.15, 0.2) is 0 Å². The van der Waals surface area contributed by atoms with Crippen molar-refractivity contribution in [2.45, 2.75) is 38.7 Å². The summed E-state index contributed by atoms with van der Waals surface area (Å²) in [5.74, 6) is 0.974. The van der Waals surface area contributed by atoms with E-state index in [0.717, 1.165) is 12.8 Å². The Morgan fingerprint density at radius 3 is 2.17 bits per heavy atom. The molecule has 2 fully saturated rings. The van der Waals surface area contributed by atoms with Crippen molar-refractivity contribution in [2.24, 2.45) is 17.3 Å². The first-order valence-corrected chi connectivity index (χ1v) is 4.85. The van der Waals surface area contributed by atoms with Gasteiger partial charge >= 0.3 is 0 Å². The molecular weight excluding hydrogens is 152 g/mol. The fourth-order valence-corrected chi connectivity index (χ4v) is 3.28. The van der Waals surface area contributed by atoms with Crippen LogP contribution in [0.5, 0.6) is 0 Å². The van der Waals surface area contributed by atoms with Gasteiger partial charge in [0, 0.05) is 0 Å². The third-order valence-electron chi connectivity index (χ3n) is 4.49. The predicted molar refractivity (Wildman–Crippen MR) is 46.6 cm³/mol. The smallest absolute Gasteiger partial charge is 0.0958 e. The monoisotopic (exact) mass is 170 g/mol. The molecule has 0 saturated heterocycles. The third-order valence-corrected chi connectivity index (χ3v) is 4.49. The van der Waals surface area contributed by atoms with Crippen molar-refractivity contribution >= 4 is 0 Å². The van der Waals surface area contributed by atoms with E-state index in [4.69, 9.17) is 0 Å². The maximum atomic E-state index is 10.3. The highest BCUT2D eigenvalue weighted by atomic mass is 16.3. The van der Waals surface area contributed by atoms with Crippen LogP contribution in [0.15, 0.2) is 0 Å². The largest absolute Gasteiger partial charge is 0.393 e. The van der Waals surface area contributed by atoms with Gasteiger partial charge in [0.25, 0.3) is 0 Å². The third kappa shape index (κ3) is 0.728. The van der Waals surface area contributed by atoms with Crippen molar-refractivity contribution in [3.63, 3.8) is 0 Å². The maximum absolute atomic E-state index is 10.3. The Kier molecular flexibility index (Phi) is 1.59. The first-order chi connectivity index (χ1) is 5.52. The minimum Gasteiger partial charge on any atom is -0.393 e. The van der Waals surface area contributed by atoms with Gasteiger partial charge in [-0.2, -0.15) is 0 Å². The molecule has 2 rings (SSSR count). The van der Waals surface area contributed by atoms with E-state index in [9.17, 15) is 10.2 Å². The Bertz CT molecular complexity index is 200. The average Bonchev–Trinajstić information content (AvgIpc) is 2.55. The fourth-order valence-electron chi connectivity index (χ4n) is 3.28. The Labute approximate surface area is 73.6 Å². The molecule has 3 atom stereocenters. The molecular formula is C10H18O2. The number of aliphatic hydroxyl groups is 2. The quantitative estimate of drug-likeness (QED) is 0.620. The molecule has 2 aliphatic carbocycles. The molecule has 70 valence electrons. The van der Waals surface area contributed by atoms with Crippen molar-refractivity contribution in [1.29, 1.82) is 0 Å². The summed E-state index contributed by atoms with van der Waals surface area (Å²) in [5, 5.41) is 19.5. The highest BCUT2D eigenvalue weighted by molar-refractivity contribution is 5.11. The summed E-state index contributed by atoms with van der Waals surface area (Å²) in [6.45, 7) is 4.11. The van der Waals surface area contributed by atoms with E-state index in [1.165, 1.54) is 6.42 Å². The second kappa shape index (κ2) is 2.24. The van der Waals surface area contributed by atoms with Crippen LogP contribution in [0.4, 0.5) is 0 Å². The topological polar surface area (TPSA) is 40.5 Å².